The predicted molar refractivity (Wildman–Crippen MR) is 53.5 cm³/mol. The van der Waals surface area contributed by atoms with E-state index < -0.39 is 34.7 Å². The fraction of sp³-hybridized carbons (Fsp3) is 0.364. The molecular formula is C11H11F4NO. The van der Waals surface area contributed by atoms with Gasteiger partial charge in [0, 0.05) is 6.04 Å². The molecule has 0 aliphatic carbocycles. The van der Waals surface area contributed by atoms with Crippen LogP contribution in [0.25, 0.3) is 0 Å². The maximum absolute atomic E-state index is 13.2. The van der Waals surface area contributed by atoms with Gasteiger partial charge in [0.2, 0.25) is 0 Å². The number of carbonyl (C=O) groups is 1. The number of carbonyl (C=O) groups excluding carboxylic acids is 1. The fourth-order valence-electron chi connectivity index (χ4n) is 1.14. The van der Waals surface area contributed by atoms with E-state index in [0.717, 1.165) is 0 Å². The van der Waals surface area contributed by atoms with Crippen LogP contribution in [0.3, 0.4) is 0 Å². The molecule has 0 saturated heterocycles. The third-order valence-electron chi connectivity index (χ3n) is 2.34. The number of hydrogen-bond acceptors (Lipinski definition) is 1. The van der Waals surface area contributed by atoms with Crippen LogP contribution in [-0.2, 0) is 0 Å². The van der Waals surface area contributed by atoms with Gasteiger partial charge in [-0.2, -0.15) is 0 Å². The van der Waals surface area contributed by atoms with Crippen molar-refractivity contribution >= 4 is 5.91 Å². The van der Waals surface area contributed by atoms with E-state index in [1.165, 1.54) is 0 Å². The second-order valence-corrected chi connectivity index (χ2v) is 3.63. The van der Waals surface area contributed by atoms with Crippen molar-refractivity contribution in [2.24, 2.45) is 0 Å². The molecule has 0 fully saturated rings. The van der Waals surface area contributed by atoms with Gasteiger partial charge in [-0.05, 0) is 19.4 Å². The van der Waals surface area contributed by atoms with Gasteiger partial charge in [-0.3, -0.25) is 4.79 Å². The number of benzene rings is 1. The van der Waals surface area contributed by atoms with Crippen molar-refractivity contribution in [3.63, 3.8) is 0 Å². The van der Waals surface area contributed by atoms with Crippen molar-refractivity contribution in [3.8, 4) is 0 Å². The van der Waals surface area contributed by atoms with Crippen molar-refractivity contribution in [1.29, 1.82) is 0 Å². The van der Waals surface area contributed by atoms with Gasteiger partial charge in [0.05, 0.1) is 5.56 Å². The van der Waals surface area contributed by atoms with E-state index >= 15 is 0 Å². The zero-order valence-corrected chi connectivity index (χ0v) is 9.28. The molecule has 2 nitrogen and oxygen atoms in total. The summed E-state index contributed by atoms with van der Waals surface area (Å²) in [6, 6.07) is 0.0592. The summed E-state index contributed by atoms with van der Waals surface area (Å²) in [6.07, 6.45) is 0.569. The minimum absolute atomic E-state index is 0.280. The Kier molecular flexibility index (Phi) is 4.09. The highest BCUT2D eigenvalue weighted by molar-refractivity contribution is 5.94. The third-order valence-corrected chi connectivity index (χ3v) is 2.34. The number of halogens is 4. The molecule has 1 N–H and O–H groups in total. The molecule has 0 radical (unpaired) electrons. The summed E-state index contributed by atoms with van der Waals surface area (Å²) < 4.78 is 51.5. The standard InChI is InChI=1S/C11H11F4NO/c1-3-5(2)16-11(17)6-4-7(12)9(14)10(15)8(6)13/h4-5H,3H2,1-2H3,(H,16,17). The van der Waals surface area contributed by atoms with E-state index in [0.29, 0.717) is 12.5 Å². The molecule has 0 spiro atoms. The average Bonchev–Trinajstić information content (AvgIpc) is 2.30. The molecule has 1 atom stereocenters. The van der Waals surface area contributed by atoms with Crippen LogP contribution >= 0.6 is 0 Å². The molecule has 17 heavy (non-hydrogen) atoms. The van der Waals surface area contributed by atoms with Crippen LogP contribution in [0.15, 0.2) is 6.07 Å². The van der Waals surface area contributed by atoms with Crippen molar-refractivity contribution < 1.29 is 22.4 Å². The fourth-order valence-corrected chi connectivity index (χ4v) is 1.14. The first kappa shape index (κ1) is 13.5. The number of hydrogen-bond donors (Lipinski definition) is 1. The summed E-state index contributed by atoms with van der Waals surface area (Å²) in [5.74, 6) is -8.18. The Bertz CT molecular complexity index is 448. The molecule has 0 heterocycles. The van der Waals surface area contributed by atoms with Gasteiger partial charge < -0.3 is 5.32 Å². The maximum Gasteiger partial charge on any atom is 0.254 e. The van der Waals surface area contributed by atoms with Gasteiger partial charge in [0.15, 0.2) is 23.3 Å². The number of rotatable bonds is 3. The van der Waals surface area contributed by atoms with Gasteiger partial charge in [0.25, 0.3) is 5.91 Å². The number of nitrogens with one attached hydrogen (secondary N) is 1. The summed E-state index contributed by atoms with van der Waals surface area (Å²) in [5, 5.41) is 2.33. The molecule has 1 unspecified atom stereocenters. The minimum atomic E-state index is -1.99. The Morgan fingerprint density at radius 3 is 2.35 bits per heavy atom. The van der Waals surface area contributed by atoms with E-state index in [4.69, 9.17) is 0 Å². The van der Waals surface area contributed by atoms with Crippen molar-refractivity contribution in [2.45, 2.75) is 26.3 Å². The molecule has 0 bridgehead atoms. The first-order valence-corrected chi connectivity index (χ1v) is 5.02. The van der Waals surface area contributed by atoms with Gasteiger partial charge in [-0.1, -0.05) is 6.92 Å². The van der Waals surface area contributed by atoms with Gasteiger partial charge in [-0.15, -0.1) is 0 Å². The molecule has 6 heteroatoms. The molecule has 1 amide bonds. The minimum Gasteiger partial charge on any atom is -0.350 e. The van der Waals surface area contributed by atoms with Crippen molar-refractivity contribution in [1.82, 2.24) is 5.32 Å². The van der Waals surface area contributed by atoms with E-state index in [9.17, 15) is 22.4 Å². The van der Waals surface area contributed by atoms with Crippen LogP contribution in [0, 0.1) is 23.3 Å². The SMILES string of the molecule is CCC(C)NC(=O)c1cc(F)c(F)c(F)c1F. The molecular weight excluding hydrogens is 238 g/mol. The highest BCUT2D eigenvalue weighted by Crippen LogP contribution is 2.18. The van der Waals surface area contributed by atoms with Crippen LogP contribution in [-0.4, -0.2) is 11.9 Å². The highest BCUT2D eigenvalue weighted by Gasteiger charge is 2.23. The quantitative estimate of drug-likeness (QED) is 0.498. The predicted octanol–water partition coefficient (Wildman–Crippen LogP) is 2.77. The Morgan fingerprint density at radius 2 is 1.82 bits per heavy atom. The first-order chi connectivity index (χ1) is 7.88. The lowest BCUT2D eigenvalue weighted by Gasteiger charge is -2.12. The van der Waals surface area contributed by atoms with Crippen LogP contribution in [0.4, 0.5) is 17.6 Å². The van der Waals surface area contributed by atoms with E-state index in [1.807, 2.05) is 0 Å². The monoisotopic (exact) mass is 249 g/mol. The Morgan fingerprint density at radius 1 is 1.24 bits per heavy atom. The topological polar surface area (TPSA) is 29.1 Å². The van der Waals surface area contributed by atoms with Crippen molar-refractivity contribution in [3.05, 3.63) is 34.9 Å². The lowest BCUT2D eigenvalue weighted by atomic mass is 10.1. The molecule has 0 saturated carbocycles. The Hall–Kier alpha value is -1.59. The molecule has 0 aromatic heterocycles. The van der Waals surface area contributed by atoms with Crippen LogP contribution < -0.4 is 5.32 Å². The summed E-state index contributed by atoms with van der Waals surface area (Å²) in [7, 11) is 0. The molecule has 1 aromatic rings. The zero-order chi connectivity index (χ0) is 13.2. The van der Waals surface area contributed by atoms with Crippen LogP contribution in [0.5, 0.6) is 0 Å². The Labute approximate surface area is 95.6 Å². The van der Waals surface area contributed by atoms with Gasteiger partial charge >= 0.3 is 0 Å². The van der Waals surface area contributed by atoms with Crippen LogP contribution in [0.1, 0.15) is 30.6 Å². The average molecular weight is 249 g/mol. The van der Waals surface area contributed by atoms with E-state index in [1.54, 1.807) is 13.8 Å². The van der Waals surface area contributed by atoms with Gasteiger partial charge in [-0.25, -0.2) is 17.6 Å². The first-order valence-electron chi connectivity index (χ1n) is 5.02. The van der Waals surface area contributed by atoms with Crippen molar-refractivity contribution in [2.75, 3.05) is 0 Å². The lowest BCUT2D eigenvalue weighted by Crippen LogP contribution is -2.33. The zero-order valence-electron chi connectivity index (χ0n) is 9.28. The smallest absolute Gasteiger partial charge is 0.254 e. The highest BCUT2D eigenvalue weighted by atomic mass is 19.2. The van der Waals surface area contributed by atoms with Gasteiger partial charge in [0.1, 0.15) is 0 Å². The summed E-state index contributed by atoms with van der Waals surface area (Å²) >= 11 is 0. The molecule has 1 aromatic carbocycles. The second kappa shape index (κ2) is 5.16. The lowest BCUT2D eigenvalue weighted by molar-refractivity contribution is 0.0933. The van der Waals surface area contributed by atoms with E-state index in [2.05, 4.69) is 5.32 Å². The third kappa shape index (κ3) is 2.75. The molecule has 0 aliphatic heterocycles. The largest absolute Gasteiger partial charge is 0.350 e. The molecule has 1 rings (SSSR count). The number of amides is 1. The van der Waals surface area contributed by atoms with Crippen LogP contribution in [0.2, 0.25) is 0 Å². The normalized spacial score (nSPS) is 12.4. The Balaban J connectivity index is 3.11. The van der Waals surface area contributed by atoms with E-state index in [-0.39, 0.29) is 6.04 Å². The summed E-state index contributed by atoms with van der Waals surface area (Å²) in [4.78, 5) is 11.4. The second-order valence-electron chi connectivity index (χ2n) is 3.63. The molecule has 0 aliphatic rings. The maximum atomic E-state index is 13.2. The molecule has 94 valence electrons. The summed E-state index contributed by atoms with van der Waals surface area (Å²) in [5.41, 5.74) is -0.846. The summed E-state index contributed by atoms with van der Waals surface area (Å²) in [6.45, 7) is 3.42.